The Balaban J connectivity index is 2.02. The molecule has 0 radical (unpaired) electrons. The highest BCUT2D eigenvalue weighted by atomic mass is 35.5. The molecule has 7 heteroatoms. The first-order valence-electron chi connectivity index (χ1n) is 5.41. The van der Waals surface area contributed by atoms with Gasteiger partial charge in [0.05, 0.1) is 17.8 Å². The third-order valence-corrected chi connectivity index (χ3v) is 2.53. The number of thiocarbonyl (C=S) groups is 1. The summed E-state index contributed by atoms with van der Waals surface area (Å²) in [5.74, 6) is 0. The molecule has 1 heterocycles. The lowest BCUT2D eigenvalue weighted by molar-refractivity contribution is 0.204. The summed E-state index contributed by atoms with van der Waals surface area (Å²) in [5, 5.41) is 11.5. The molecule has 1 rings (SSSR count). The smallest absolute Gasteiger partial charge is 0.166 e. The van der Waals surface area contributed by atoms with Crippen LogP contribution in [0.2, 0.25) is 5.02 Å². The van der Waals surface area contributed by atoms with Crippen LogP contribution < -0.4 is 10.6 Å². The van der Waals surface area contributed by atoms with Gasteiger partial charge in [-0.1, -0.05) is 11.6 Å². The highest BCUT2D eigenvalue weighted by Crippen LogP contribution is 2.04. The Morgan fingerprint density at radius 3 is 2.94 bits per heavy atom. The molecule has 1 aromatic rings. The van der Waals surface area contributed by atoms with E-state index in [0.29, 0.717) is 16.7 Å². The van der Waals surface area contributed by atoms with Gasteiger partial charge in [0.25, 0.3) is 0 Å². The van der Waals surface area contributed by atoms with Crippen LogP contribution in [0.1, 0.15) is 6.42 Å². The molecular weight excluding hydrogens is 260 g/mol. The molecule has 17 heavy (non-hydrogen) atoms. The molecule has 0 unspecified atom stereocenters. The summed E-state index contributed by atoms with van der Waals surface area (Å²) < 4.78 is 6.71. The van der Waals surface area contributed by atoms with Crippen molar-refractivity contribution in [3.63, 3.8) is 0 Å². The highest BCUT2D eigenvalue weighted by Gasteiger charge is 1.96. The second-order valence-corrected chi connectivity index (χ2v) is 4.30. The van der Waals surface area contributed by atoms with Gasteiger partial charge < -0.3 is 15.4 Å². The van der Waals surface area contributed by atoms with E-state index in [0.717, 1.165) is 26.1 Å². The maximum Gasteiger partial charge on any atom is 0.166 e. The zero-order valence-corrected chi connectivity index (χ0v) is 11.4. The second-order valence-electron chi connectivity index (χ2n) is 3.45. The molecule has 0 atom stereocenters. The normalized spacial score (nSPS) is 10.2. The molecule has 0 aliphatic carbocycles. The van der Waals surface area contributed by atoms with Crippen LogP contribution in [0.3, 0.4) is 0 Å². The fraction of sp³-hybridized carbons (Fsp3) is 0.600. The van der Waals surface area contributed by atoms with E-state index in [-0.39, 0.29) is 0 Å². The molecule has 0 aliphatic heterocycles. The van der Waals surface area contributed by atoms with Crippen LogP contribution in [0.5, 0.6) is 0 Å². The SMILES string of the molecule is COCCNC(=S)NCCCn1cc(Cl)cn1. The van der Waals surface area contributed by atoms with Crippen molar-refractivity contribution in [3.8, 4) is 0 Å². The molecule has 2 N–H and O–H groups in total. The lowest BCUT2D eigenvalue weighted by Crippen LogP contribution is -2.37. The van der Waals surface area contributed by atoms with Crippen molar-refractivity contribution in [1.82, 2.24) is 20.4 Å². The summed E-state index contributed by atoms with van der Waals surface area (Å²) in [6.07, 6.45) is 4.37. The minimum absolute atomic E-state index is 0.646. The van der Waals surface area contributed by atoms with Gasteiger partial charge in [-0.3, -0.25) is 4.68 Å². The number of rotatable bonds is 7. The van der Waals surface area contributed by atoms with Gasteiger partial charge in [-0.05, 0) is 18.6 Å². The maximum absolute atomic E-state index is 5.75. The Morgan fingerprint density at radius 1 is 1.53 bits per heavy atom. The van der Waals surface area contributed by atoms with Gasteiger partial charge in [-0.2, -0.15) is 5.10 Å². The third kappa shape index (κ3) is 6.45. The van der Waals surface area contributed by atoms with E-state index in [1.54, 1.807) is 19.5 Å². The number of hydrogen-bond acceptors (Lipinski definition) is 3. The van der Waals surface area contributed by atoms with Gasteiger partial charge in [-0.15, -0.1) is 0 Å². The van der Waals surface area contributed by atoms with Gasteiger partial charge in [0, 0.05) is 32.9 Å². The monoisotopic (exact) mass is 276 g/mol. The van der Waals surface area contributed by atoms with Gasteiger partial charge in [0.2, 0.25) is 0 Å². The lowest BCUT2D eigenvalue weighted by Gasteiger charge is -2.09. The largest absolute Gasteiger partial charge is 0.383 e. The fourth-order valence-electron chi connectivity index (χ4n) is 1.23. The predicted octanol–water partition coefficient (Wildman–Crippen LogP) is 1.04. The average Bonchev–Trinajstić information content (AvgIpc) is 2.71. The number of nitrogens with one attached hydrogen (secondary N) is 2. The van der Waals surface area contributed by atoms with Crippen molar-refractivity contribution in [2.75, 3.05) is 26.8 Å². The Bertz CT molecular complexity index is 345. The molecule has 0 bridgehead atoms. The zero-order valence-electron chi connectivity index (χ0n) is 9.78. The molecule has 0 amide bonds. The van der Waals surface area contributed by atoms with Crippen LogP contribution in [0.25, 0.3) is 0 Å². The first-order chi connectivity index (χ1) is 8.22. The summed E-state index contributed by atoms with van der Waals surface area (Å²) in [7, 11) is 1.66. The molecule has 5 nitrogen and oxygen atoms in total. The van der Waals surface area contributed by atoms with Crippen molar-refractivity contribution in [3.05, 3.63) is 17.4 Å². The Kier molecular flexibility index (Phi) is 6.91. The molecule has 96 valence electrons. The van der Waals surface area contributed by atoms with Crippen molar-refractivity contribution >= 4 is 28.9 Å². The predicted molar refractivity (Wildman–Crippen MR) is 72.3 cm³/mol. The van der Waals surface area contributed by atoms with Gasteiger partial charge >= 0.3 is 0 Å². The zero-order chi connectivity index (χ0) is 12.5. The molecule has 0 saturated heterocycles. The summed E-state index contributed by atoms with van der Waals surface area (Å²) in [4.78, 5) is 0. The minimum atomic E-state index is 0.646. The van der Waals surface area contributed by atoms with Crippen LogP contribution in [0.4, 0.5) is 0 Å². The second kappa shape index (κ2) is 8.27. The molecule has 0 aliphatic rings. The Labute approximate surface area is 111 Å². The standard InChI is InChI=1S/C10H17ClN4OS/c1-16-6-4-13-10(17)12-3-2-5-15-8-9(11)7-14-15/h7-8H,2-6H2,1H3,(H2,12,13,17). The number of aromatic nitrogens is 2. The molecule has 0 fully saturated rings. The third-order valence-electron chi connectivity index (χ3n) is 2.04. The van der Waals surface area contributed by atoms with E-state index in [2.05, 4.69) is 15.7 Å². The van der Waals surface area contributed by atoms with E-state index >= 15 is 0 Å². The van der Waals surface area contributed by atoms with Crippen molar-refractivity contribution < 1.29 is 4.74 Å². The fourth-order valence-corrected chi connectivity index (χ4v) is 1.59. The lowest BCUT2D eigenvalue weighted by atomic mass is 10.4. The summed E-state index contributed by atoms with van der Waals surface area (Å²) in [6, 6.07) is 0. The van der Waals surface area contributed by atoms with E-state index in [1.165, 1.54) is 0 Å². The molecule has 0 spiro atoms. The molecule has 0 saturated carbocycles. The maximum atomic E-state index is 5.75. The minimum Gasteiger partial charge on any atom is -0.383 e. The van der Waals surface area contributed by atoms with E-state index in [9.17, 15) is 0 Å². The molecule has 0 aromatic carbocycles. The van der Waals surface area contributed by atoms with E-state index in [1.807, 2.05) is 4.68 Å². The van der Waals surface area contributed by atoms with Crippen molar-refractivity contribution in [2.24, 2.45) is 0 Å². The van der Waals surface area contributed by atoms with E-state index < -0.39 is 0 Å². The van der Waals surface area contributed by atoms with Gasteiger partial charge in [-0.25, -0.2) is 0 Å². The van der Waals surface area contributed by atoms with Crippen LogP contribution >= 0.6 is 23.8 Å². The Hall–Kier alpha value is -0.850. The van der Waals surface area contributed by atoms with Crippen molar-refractivity contribution in [2.45, 2.75) is 13.0 Å². The van der Waals surface area contributed by atoms with Crippen LogP contribution in [-0.2, 0) is 11.3 Å². The first-order valence-corrected chi connectivity index (χ1v) is 6.19. The van der Waals surface area contributed by atoms with Crippen molar-refractivity contribution in [1.29, 1.82) is 0 Å². The number of methoxy groups -OCH3 is 1. The van der Waals surface area contributed by atoms with Gasteiger partial charge in [0.1, 0.15) is 0 Å². The van der Waals surface area contributed by atoms with Crippen LogP contribution in [0, 0.1) is 0 Å². The molecule has 1 aromatic heterocycles. The summed E-state index contributed by atoms with van der Waals surface area (Å²) in [6.45, 7) is 2.99. The topological polar surface area (TPSA) is 51.1 Å². The van der Waals surface area contributed by atoms with Crippen LogP contribution in [0.15, 0.2) is 12.4 Å². The number of halogens is 1. The van der Waals surface area contributed by atoms with E-state index in [4.69, 9.17) is 28.6 Å². The van der Waals surface area contributed by atoms with Crippen LogP contribution in [-0.4, -0.2) is 41.7 Å². The van der Waals surface area contributed by atoms with Gasteiger partial charge in [0.15, 0.2) is 5.11 Å². The summed E-state index contributed by atoms with van der Waals surface area (Å²) >= 11 is 10.8. The number of ether oxygens (including phenoxy) is 1. The quantitative estimate of drug-likeness (QED) is 0.576. The molecular formula is C10H17ClN4OS. The Morgan fingerprint density at radius 2 is 2.29 bits per heavy atom. The average molecular weight is 277 g/mol. The number of aryl methyl sites for hydroxylation is 1. The highest BCUT2D eigenvalue weighted by molar-refractivity contribution is 7.80. The first kappa shape index (κ1) is 14.2. The summed E-state index contributed by atoms with van der Waals surface area (Å²) in [5.41, 5.74) is 0. The number of nitrogens with zero attached hydrogens (tertiary/aromatic N) is 2. The number of hydrogen-bond donors (Lipinski definition) is 2.